The van der Waals surface area contributed by atoms with E-state index in [4.69, 9.17) is 9.47 Å². The monoisotopic (exact) mass is 468 g/mol. The largest absolute Gasteiger partial charge is 0.508 e. The number of nitrogens with one attached hydrogen (secondary N) is 1. The van der Waals surface area contributed by atoms with Gasteiger partial charge >= 0.3 is 6.09 Å². The minimum atomic E-state index is -3.44. The number of nitrogens with zero attached hydrogens (tertiary/aromatic N) is 1. The molecule has 2 fully saturated rings. The van der Waals surface area contributed by atoms with Crippen molar-refractivity contribution in [1.29, 1.82) is 0 Å². The first-order valence-corrected chi connectivity index (χ1v) is 13.2. The van der Waals surface area contributed by atoms with Gasteiger partial charge in [0.1, 0.15) is 11.4 Å². The number of aromatic hydroxyl groups is 1. The number of ether oxygens (including phenoxy) is 2. The van der Waals surface area contributed by atoms with Crippen LogP contribution in [0.25, 0.3) is 0 Å². The molecule has 1 aliphatic carbocycles. The van der Waals surface area contributed by atoms with Crippen LogP contribution >= 0.6 is 0 Å². The summed E-state index contributed by atoms with van der Waals surface area (Å²) in [5.41, 5.74) is 0.459. The number of phenols is 1. The molecular weight excluding hydrogens is 432 g/mol. The van der Waals surface area contributed by atoms with Crippen LogP contribution in [0.5, 0.6) is 5.75 Å². The highest BCUT2D eigenvalue weighted by Gasteiger charge is 2.39. The highest BCUT2D eigenvalue weighted by Crippen LogP contribution is 2.37. The highest BCUT2D eigenvalue weighted by molar-refractivity contribution is 7.88. The molecule has 1 amide bonds. The standard InChI is InChI=1S/C23H36N2O6S/c1-23(2,3)31-22(27)25-12-6-9-20(24-32(4,28)29)21(25)15-30-19-11-10-17(14-19)16-7-5-8-18(26)13-16/h5,7-8,13,17,19-21,24,26H,6,9-12,14-15H2,1-4H3. The topological polar surface area (TPSA) is 105 Å². The second-order valence-electron chi connectivity index (χ2n) is 9.94. The predicted molar refractivity (Wildman–Crippen MR) is 122 cm³/mol. The van der Waals surface area contributed by atoms with Crippen LogP contribution in [0.15, 0.2) is 24.3 Å². The molecule has 8 nitrogen and oxygen atoms in total. The molecule has 1 saturated heterocycles. The van der Waals surface area contributed by atoms with Crippen LogP contribution < -0.4 is 4.72 Å². The molecule has 0 spiro atoms. The number of carbonyl (C=O) groups is 1. The Morgan fingerprint density at radius 3 is 2.66 bits per heavy atom. The first-order chi connectivity index (χ1) is 14.9. The number of sulfonamides is 1. The van der Waals surface area contributed by atoms with Crippen LogP contribution in [0, 0.1) is 0 Å². The summed E-state index contributed by atoms with van der Waals surface area (Å²) in [5, 5.41) is 9.76. The maximum Gasteiger partial charge on any atom is 0.410 e. The number of benzene rings is 1. The van der Waals surface area contributed by atoms with E-state index in [9.17, 15) is 18.3 Å². The Bertz CT molecular complexity index is 898. The third-order valence-corrected chi connectivity index (χ3v) is 6.73. The maximum absolute atomic E-state index is 12.8. The average molecular weight is 469 g/mol. The van der Waals surface area contributed by atoms with Crippen LogP contribution in [0.4, 0.5) is 4.79 Å². The quantitative estimate of drug-likeness (QED) is 0.663. The van der Waals surface area contributed by atoms with Crippen molar-refractivity contribution in [2.75, 3.05) is 19.4 Å². The second-order valence-corrected chi connectivity index (χ2v) is 11.7. The van der Waals surface area contributed by atoms with Gasteiger partial charge in [0.2, 0.25) is 10.0 Å². The van der Waals surface area contributed by atoms with Gasteiger partial charge in [0.05, 0.1) is 25.0 Å². The molecule has 2 aliphatic rings. The van der Waals surface area contributed by atoms with Crippen molar-refractivity contribution >= 4 is 16.1 Å². The van der Waals surface area contributed by atoms with Gasteiger partial charge in [-0.1, -0.05) is 12.1 Å². The van der Waals surface area contributed by atoms with E-state index < -0.39 is 33.8 Å². The third kappa shape index (κ3) is 7.08. The molecule has 1 aliphatic heterocycles. The van der Waals surface area contributed by atoms with Gasteiger partial charge < -0.3 is 19.5 Å². The van der Waals surface area contributed by atoms with Crippen molar-refractivity contribution in [3.8, 4) is 5.75 Å². The highest BCUT2D eigenvalue weighted by atomic mass is 32.2. The Balaban J connectivity index is 1.67. The number of carbonyl (C=O) groups excluding carboxylic acids is 1. The zero-order valence-corrected chi connectivity index (χ0v) is 20.2. The van der Waals surface area contributed by atoms with Gasteiger partial charge in [-0.15, -0.1) is 0 Å². The molecule has 9 heteroatoms. The molecule has 0 radical (unpaired) electrons. The van der Waals surface area contributed by atoms with E-state index in [0.29, 0.717) is 25.3 Å². The first-order valence-electron chi connectivity index (χ1n) is 11.3. The molecule has 3 rings (SSSR count). The van der Waals surface area contributed by atoms with Gasteiger partial charge in [-0.3, -0.25) is 0 Å². The molecule has 0 bridgehead atoms. The Kier molecular flexibility index (Phi) is 7.73. The minimum Gasteiger partial charge on any atom is -0.508 e. The van der Waals surface area contributed by atoms with Crippen molar-refractivity contribution in [2.24, 2.45) is 0 Å². The van der Waals surface area contributed by atoms with Crippen molar-refractivity contribution in [2.45, 2.75) is 82.6 Å². The van der Waals surface area contributed by atoms with Crippen LogP contribution in [0.2, 0.25) is 0 Å². The number of hydrogen-bond donors (Lipinski definition) is 2. The van der Waals surface area contributed by atoms with Crippen LogP contribution in [-0.4, -0.2) is 67.7 Å². The van der Waals surface area contributed by atoms with E-state index in [0.717, 1.165) is 31.1 Å². The molecule has 1 aromatic carbocycles. The van der Waals surface area contributed by atoms with Crippen LogP contribution in [-0.2, 0) is 19.5 Å². The molecule has 1 saturated carbocycles. The molecule has 0 aromatic heterocycles. The van der Waals surface area contributed by atoms with Crippen molar-refractivity contribution in [3.63, 3.8) is 0 Å². The predicted octanol–water partition coefficient (Wildman–Crippen LogP) is 3.36. The van der Waals surface area contributed by atoms with Gasteiger partial charge in [0, 0.05) is 12.6 Å². The number of phenolic OH excluding ortho intramolecular Hbond substituents is 1. The number of piperidine rings is 1. The van der Waals surface area contributed by atoms with E-state index >= 15 is 0 Å². The Morgan fingerprint density at radius 2 is 2.00 bits per heavy atom. The summed E-state index contributed by atoms with van der Waals surface area (Å²) in [7, 11) is -3.44. The lowest BCUT2D eigenvalue weighted by Crippen LogP contribution is -2.59. The Morgan fingerprint density at radius 1 is 1.25 bits per heavy atom. The summed E-state index contributed by atoms with van der Waals surface area (Å²) in [6.45, 7) is 6.18. The normalized spacial score (nSPS) is 26.8. The summed E-state index contributed by atoms with van der Waals surface area (Å²) in [6.07, 6.45) is 4.69. The molecule has 32 heavy (non-hydrogen) atoms. The van der Waals surface area contributed by atoms with E-state index in [2.05, 4.69) is 4.72 Å². The molecule has 1 heterocycles. The first kappa shape index (κ1) is 24.8. The summed E-state index contributed by atoms with van der Waals surface area (Å²) in [6, 6.07) is 6.47. The van der Waals surface area contributed by atoms with Gasteiger partial charge in [-0.2, -0.15) is 0 Å². The molecule has 2 N–H and O–H groups in total. The number of hydrogen-bond acceptors (Lipinski definition) is 6. The molecule has 4 atom stereocenters. The zero-order valence-electron chi connectivity index (χ0n) is 19.4. The van der Waals surface area contributed by atoms with Gasteiger partial charge in [0.25, 0.3) is 0 Å². The smallest absolute Gasteiger partial charge is 0.410 e. The fraction of sp³-hybridized carbons (Fsp3) is 0.696. The van der Waals surface area contributed by atoms with Crippen LogP contribution in [0.3, 0.4) is 0 Å². The zero-order chi connectivity index (χ0) is 23.5. The molecular formula is C23H36N2O6S. The lowest BCUT2D eigenvalue weighted by atomic mass is 9.97. The van der Waals surface area contributed by atoms with Gasteiger partial charge in [-0.05, 0) is 76.5 Å². The lowest BCUT2D eigenvalue weighted by Gasteiger charge is -2.41. The van der Waals surface area contributed by atoms with Gasteiger partial charge in [0.15, 0.2) is 0 Å². The Labute approximate surface area is 191 Å². The van der Waals surface area contributed by atoms with Crippen LogP contribution in [0.1, 0.15) is 64.4 Å². The van der Waals surface area contributed by atoms with Crippen molar-refractivity contribution < 1.29 is 27.8 Å². The summed E-state index contributed by atoms with van der Waals surface area (Å²) in [5.74, 6) is 0.571. The summed E-state index contributed by atoms with van der Waals surface area (Å²) < 4.78 is 38.4. The molecule has 4 unspecified atom stereocenters. The fourth-order valence-electron chi connectivity index (χ4n) is 4.63. The lowest BCUT2D eigenvalue weighted by molar-refractivity contribution is -0.0292. The SMILES string of the molecule is CC(C)(C)OC(=O)N1CCCC(NS(C)(=O)=O)C1COC1CCC(c2cccc(O)c2)C1. The maximum atomic E-state index is 12.8. The van der Waals surface area contributed by atoms with E-state index in [-0.39, 0.29) is 18.5 Å². The fourth-order valence-corrected chi connectivity index (χ4v) is 5.46. The van der Waals surface area contributed by atoms with E-state index in [1.54, 1.807) is 17.0 Å². The van der Waals surface area contributed by atoms with E-state index in [1.165, 1.54) is 0 Å². The number of likely N-dealkylation sites (tertiary alicyclic amines) is 1. The Hall–Kier alpha value is -1.84. The molecule has 180 valence electrons. The summed E-state index contributed by atoms with van der Waals surface area (Å²) in [4.78, 5) is 14.5. The van der Waals surface area contributed by atoms with E-state index in [1.807, 2.05) is 32.9 Å². The number of amides is 1. The number of rotatable bonds is 6. The molecule has 1 aromatic rings. The third-order valence-electron chi connectivity index (χ3n) is 6.00. The van der Waals surface area contributed by atoms with Crippen molar-refractivity contribution in [1.82, 2.24) is 9.62 Å². The summed E-state index contributed by atoms with van der Waals surface area (Å²) >= 11 is 0. The second kappa shape index (κ2) is 9.97. The van der Waals surface area contributed by atoms with Crippen molar-refractivity contribution in [3.05, 3.63) is 29.8 Å². The van der Waals surface area contributed by atoms with Gasteiger partial charge in [-0.25, -0.2) is 17.9 Å². The minimum absolute atomic E-state index is 0.0173. The average Bonchev–Trinajstić information content (AvgIpc) is 3.13.